The number of benzene rings is 2. The molecule has 2 aromatic carbocycles. The summed E-state index contributed by atoms with van der Waals surface area (Å²) in [4.78, 5) is 11.4. The van der Waals surface area contributed by atoms with E-state index in [-0.39, 0.29) is 10.9 Å². The molecule has 0 amide bonds. The van der Waals surface area contributed by atoms with Crippen molar-refractivity contribution in [3.63, 3.8) is 0 Å². The van der Waals surface area contributed by atoms with Gasteiger partial charge in [-0.05, 0) is 49.4 Å². The minimum absolute atomic E-state index is 0.194. The summed E-state index contributed by atoms with van der Waals surface area (Å²) in [7, 11) is 0. The summed E-state index contributed by atoms with van der Waals surface area (Å²) in [6.45, 7) is 2.38. The number of aromatic carboxylic acids is 1. The van der Waals surface area contributed by atoms with Gasteiger partial charge in [0.2, 0.25) is 11.4 Å². The number of halogens is 2. The molecule has 0 unspecified atom stereocenters. The lowest BCUT2D eigenvalue weighted by molar-refractivity contribution is 0.0686. The molecule has 2 N–H and O–H groups in total. The van der Waals surface area contributed by atoms with Gasteiger partial charge in [-0.25, -0.2) is 4.79 Å². The Balaban J connectivity index is 2.06. The maximum atomic E-state index is 11.4. The maximum absolute atomic E-state index is 11.4. The van der Waals surface area contributed by atoms with E-state index in [1.165, 1.54) is 12.1 Å². The van der Waals surface area contributed by atoms with E-state index in [4.69, 9.17) is 32.7 Å². The van der Waals surface area contributed by atoms with Gasteiger partial charge in [0, 0.05) is 5.02 Å². The first-order valence-electron chi connectivity index (χ1n) is 7.82. The van der Waals surface area contributed by atoms with Crippen molar-refractivity contribution >= 4 is 29.2 Å². The van der Waals surface area contributed by atoms with Crippen molar-refractivity contribution in [1.29, 1.82) is 0 Å². The maximum Gasteiger partial charge on any atom is 0.360 e. The fraction of sp³-hybridized carbons (Fsp3) is 0.111. The molecule has 27 heavy (non-hydrogen) atoms. The van der Waals surface area contributed by atoms with Crippen molar-refractivity contribution in [3.8, 4) is 28.8 Å². The highest BCUT2D eigenvalue weighted by molar-refractivity contribution is 6.35. The minimum atomic E-state index is -1.41. The van der Waals surface area contributed by atoms with E-state index in [9.17, 15) is 15.0 Å². The largest absolute Gasteiger partial charge is 0.501 e. The Morgan fingerprint density at radius 3 is 2.41 bits per heavy atom. The average Bonchev–Trinajstić information content (AvgIpc) is 2.94. The van der Waals surface area contributed by atoms with Gasteiger partial charge in [-0.1, -0.05) is 23.2 Å². The summed E-state index contributed by atoms with van der Waals surface area (Å²) in [5.74, 6) is -1.23. The van der Waals surface area contributed by atoms with Crippen LogP contribution in [0.3, 0.4) is 0 Å². The third-order valence-electron chi connectivity index (χ3n) is 3.51. The molecule has 140 valence electrons. The summed E-state index contributed by atoms with van der Waals surface area (Å²) in [5.41, 5.74) is -0.272. The second-order valence-electron chi connectivity index (χ2n) is 5.32. The molecule has 3 aromatic rings. The molecule has 0 aliphatic heterocycles. The molecule has 0 bridgehead atoms. The summed E-state index contributed by atoms with van der Waals surface area (Å²) in [6, 6.07) is 11.2. The third-order valence-corrected chi connectivity index (χ3v) is 4.05. The van der Waals surface area contributed by atoms with E-state index in [0.29, 0.717) is 28.8 Å². The van der Waals surface area contributed by atoms with Crippen LogP contribution in [-0.4, -0.2) is 32.6 Å². The van der Waals surface area contributed by atoms with Crippen LogP contribution in [0.25, 0.3) is 5.69 Å². The monoisotopic (exact) mass is 408 g/mol. The molecule has 0 aliphatic rings. The molecular weight excluding hydrogens is 395 g/mol. The van der Waals surface area contributed by atoms with E-state index in [1.54, 1.807) is 30.3 Å². The smallest absolute Gasteiger partial charge is 0.360 e. The minimum Gasteiger partial charge on any atom is -0.501 e. The van der Waals surface area contributed by atoms with Gasteiger partial charge < -0.3 is 19.7 Å². The lowest BCUT2D eigenvalue weighted by atomic mass is 10.3. The molecule has 1 heterocycles. The number of rotatable bonds is 6. The highest BCUT2D eigenvalue weighted by atomic mass is 35.5. The number of carboxylic acid groups (broad SMARTS) is 1. The first-order chi connectivity index (χ1) is 12.9. The highest BCUT2D eigenvalue weighted by Crippen LogP contribution is 2.38. The Morgan fingerprint density at radius 1 is 1.15 bits per heavy atom. The average molecular weight is 409 g/mol. The van der Waals surface area contributed by atoms with Crippen molar-refractivity contribution in [2.24, 2.45) is 0 Å². The molecule has 0 aliphatic carbocycles. The molecular formula is C18H14Cl2N2O5. The lowest BCUT2D eigenvalue weighted by Crippen LogP contribution is -2.03. The molecule has 0 saturated carbocycles. The number of carbonyl (C=O) groups is 1. The second kappa shape index (κ2) is 7.77. The van der Waals surface area contributed by atoms with Crippen LogP contribution in [0.15, 0.2) is 42.5 Å². The van der Waals surface area contributed by atoms with Crippen LogP contribution < -0.4 is 9.47 Å². The van der Waals surface area contributed by atoms with E-state index in [2.05, 4.69) is 5.10 Å². The van der Waals surface area contributed by atoms with Crippen LogP contribution in [0.4, 0.5) is 0 Å². The number of carboxylic acids is 1. The quantitative estimate of drug-likeness (QED) is 0.609. The van der Waals surface area contributed by atoms with Gasteiger partial charge in [0.05, 0.1) is 17.3 Å². The van der Waals surface area contributed by atoms with Crippen LogP contribution in [-0.2, 0) is 0 Å². The second-order valence-corrected chi connectivity index (χ2v) is 6.17. The molecule has 0 saturated heterocycles. The molecule has 0 radical (unpaired) electrons. The molecule has 0 atom stereocenters. The van der Waals surface area contributed by atoms with Gasteiger partial charge in [0.1, 0.15) is 11.5 Å². The predicted octanol–water partition coefficient (Wildman–Crippen LogP) is 4.77. The van der Waals surface area contributed by atoms with E-state index in [0.717, 1.165) is 4.68 Å². The first kappa shape index (κ1) is 18.9. The number of aromatic hydroxyl groups is 1. The summed E-state index contributed by atoms with van der Waals surface area (Å²) in [6.07, 6.45) is 0. The zero-order valence-electron chi connectivity index (χ0n) is 14.0. The summed E-state index contributed by atoms with van der Waals surface area (Å²) in [5, 5.41) is 24.1. The standard InChI is InChI=1S/C18H14Cl2N2O5/c1-2-26-11-4-6-12(7-5-11)27-17-16(23)15(18(24)25)21-22(17)14-8-3-10(19)9-13(14)20/h3-9,23H,2H2,1H3,(H,24,25). The van der Waals surface area contributed by atoms with Crippen LogP contribution in [0.2, 0.25) is 10.0 Å². The molecule has 9 heteroatoms. The summed E-state index contributed by atoms with van der Waals surface area (Å²) >= 11 is 12.1. The van der Waals surface area contributed by atoms with Gasteiger partial charge >= 0.3 is 5.97 Å². The van der Waals surface area contributed by atoms with Crippen LogP contribution in [0.5, 0.6) is 23.1 Å². The SMILES string of the molecule is CCOc1ccc(Oc2c(O)c(C(=O)O)nn2-c2ccc(Cl)cc2Cl)cc1. The van der Waals surface area contributed by atoms with Crippen LogP contribution >= 0.6 is 23.2 Å². The van der Waals surface area contributed by atoms with E-state index in [1.807, 2.05) is 6.92 Å². The predicted molar refractivity (Wildman–Crippen MR) is 99.9 cm³/mol. The molecule has 0 fully saturated rings. The van der Waals surface area contributed by atoms with Gasteiger partial charge in [-0.3, -0.25) is 0 Å². The van der Waals surface area contributed by atoms with Gasteiger partial charge in [0.15, 0.2) is 0 Å². The summed E-state index contributed by atoms with van der Waals surface area (Å²) < 4.78 is 12.1. The number of hydrogen-bond donors (Lipinski definition) is 2. The zero-order valence-corrected chi connectivity index (χ0v) is 15.5. The van der Waals surface area contributed by atoms with Crippen molar-refractivity contribution in [2.75, 3.05) is 6.61 Å². The highest BCUT2D eigenvalue weighted by Gasteiger charge is 2.26. The van der Waals surface area contributed by atoms with Crippen LogP contribution in [0.1, 0.15) is 17.4 Å². The Labute approximate surface area is 164 Å². The van der Waals surface area contributed by atoms with Gasteiger partial charge in [-0.15, -0.1) is 0 Å². The third kappa shape index (κ3) is 3.94. The zero-order chi connectivity index (χ0) is 19.6. The Kier molecular flexibility index (Phi) is 5.43. The number of hydrogen-bond acceptors (Lipinski definition) is 5. The van der Waals surface area contributed by atoms with Crippen molar-refractivity contribution in [1.82, 2.24) is 9.78 Å². The topological polar surface area (TPSA) is 93.8 Å². The molecule has 3 rings (SSSR count). The van der Waals surface area contributed by atoms with Gasteiger partial charge in [-0.2, -0.15) is 9.78 Å². The number of aromatic nitrogens is 2. The van der Waals surface area contributed by atoms with E-state index < -0.39 is 17.4 Å². The Bertz CT molecular complexity index is 986. The van der Waals surface area contributed by atoms with Crippen LogP contribution in [0, 0.1) is 0 Å². The molecule has 7 nitrogen and oxygen atoms in total. The van der Waals surface area contributed by atoms with E-state index >= 15 is 0 Å². The fourth-order valence-electron chi connectivity index (χ4n) is 2.33. The lowest BCUT2D eigenvalue weighted by Gasteiger charge is -2.11. The number of nitrogens with zero attached hydrogens (tertiary/aromatic N) is 2. The van der Waals surface area contributed by atoms with Gasteiger partial charge in [0.25, 0.3) is 5.88 Å². The first-order valence-corrected chi connectivity index (χ1v) is 8.57. The van der Waals surface area contributed by atoms with Crippen molar-refractivity contribution in [2.45, 2.75) is 6.92 Å². The molecule has 0 spiro atoms. The van der Waals surface area contributed by atoms with Crippen molar-refractivity contribution in [3.05, 3.63) is 58.2 Å². The Morgan fingerprint density at radius 2 is 1.81 bits per heavy atom. The fourth-order valence-corrected chi connectivity index (χ4v) is 2.82. The Hall–Kier alpha value is -2.90. The normalized spacial score (nSPS) is 10.6. The van der Waals surface area contributed by atoms with Crippen molar-refractivity contribution < 1.29 is 24.5 Å². The number of ether oxygens (including phenoxy) is 2. The molecule has 1 aromatic heterocycles.